The molecule has 6 nitrogen and oxygen atoms in total. The van der Waals surface area contributed by atoms with Crippen LogP contribution in [0.2, 0.25) is 0 Å². The summed E-state index contributed by atoms with van der Waals surface area (Å²) >= 11 is 0. The van der Waals surface area contributed by atoms with Crippen molar-refractivity contribution in [2.45, 2.75) is 32.0 Å². The van der Waals surface area contributed by atoms with Crippen molar-refractivity contribution in [2.75, 3.05) is 19.6 Å². The maximum atomic E-state index is 11.2. The summed E-state index contributed by atoms with van der Waals surface area (Å²) in [4.78, 5) is 15.5. The van der Waals surface area contributed by atoms with Gasteiger partial charge in [0, 0.05) is 25.2 Å². The highest BCUT2D eigenvalue weighted by atomic mass is 16.4. The molecule has 3 rings (SSSR count). The highest BCUT2D eigenvalue weighted by Gasteiger charge is 2.35. The van der Waals surface area contributed by atoms with E-state index in [1.165, 1.54) is 0 Å². The van der Waals surface area contributed by atoms with E-state index in [0.29, 0.717) is 18.7 Å². The Morgan fingerprint density at radius 2 is 1.86 bits per heavy atom. The molecule has 146 valence electrons. The van der Waals surface area contributed by atoms with Crippen molar-refractivity contribution in [3.8, 4) is 11.8 Å². The molecule has 0 saturated carbocycles. The van der Waals surface area contributed by atoms with Crippen LogP contribution in [0.25, 0.3) is 0 Å². The molecule has 1 aliphatic rings. The van der Waals surface area contributed by atoms with Gasteiger partial charge in [-0.25, -0.2) is 0 Å². The van der Waals surface area contributed by atoms with Gasteiger partial charge in [-0.1, -0.05) is 24.3 Å². The molecule has 28 heavy (non-hydrogen) atoms. The summed E-state index contributed by atoms with van der Waals surface area (Å²) in [6.07, 6.45) is 0. The lowest BCUT2D eigenvalue weighted by Gasteiger charge is -2.47. The zero-order chi connectivity index (χ0) is 20.3. The maximum absolute atomic E-state index is 11.2. The fourth-order valence-electron chi connectivity index (χ4n) is 3.99. The summed E-state index contributed by atoms with van der Waals surface area (Å²) in [6, 6.07) is 17.0. The van der Waals surface area contributed by atoms with Crippen LogP contribution in [0.4, 0.5) is 0 Å². The molecule has 0 amide bonds. The van der Waals surface area contributed by atoms with Crippen LogP contribution in [0.3, 0.4) is 0 Å². The summed E-state index contributed by atoms with van der Waals surface area (Å²) in [6.45, 7) is 5.53. The lowest BCUT2D eigenvalue weighted by atomic mass is 9.93. The van der Waals surface area contributed by atoms with Crippen molar-refractivity contribution in [1.29, 1.82) is 5.26 Å². The Labute approximate surface area is 165 Å². The number of carboxylic acid groups (broad SMARTS) is 1. The van der Waals surface area contributed by atoms with Crippen LogP contribution in [0.1, 0.15) is 36.6 Å². The number of carbonyl (C=O) groups is 1. The molecule has 2 aromatic carbocycles. The third-order valence-corrected chi connectivity index (χ3v) is 5.37. The molecule has 2 N–H and O–H groups in total. The molecular weight excluding hydrogens is 354 g/mol. The van der Waals surface area contributed by atoms with E-state index in [-0.39, 0.29) is 30.4 Å². The summed E-state index contributed by atoms with van der Waals surface area (Å²) in [7, 11) is 0. The van der Waals surface area contributed by atoms with Gasteiger partial charge in [-0.15, -0.1) is 0 Å². The van der Waals surface area contributed by atoms with Crippen molar-refractivity contribution >= 4 is 5.97 Å². The quantitative estimate of drug-likeness (QED) is 0.831. The minimum Gasteiger partial charge on any atom is -0.508 e. The molecule has 0 radical (unpaired) electrons. The average molecular weight is 379 g/mol. The normalized spacial score (nSPS) is 21.8. The monoisotopic (exact) mass is 379 g/mol. The van der Waals surface area contributed by atoms with Gasteiger partial charge in [0.1, 0.15) is 5.75 Å². The van der Waals surface area contributed by atoms with Gasteiger partial charge in [0.25, 0.3) is 0 Å². The number of phenols is 1. The predicted octanol–water partition coefficient (Wildman–Crippen LogP) is 2.83. The Hall–Kier alpha value is -2.88. The predicted molar refractivity (Wildman–Crippen MR) is 106 cm³/mol. The summed E-state index contributed by atoms with van der Waals surface area (Å²) in [5.41, 5.74) is 2.61. The first-order valence-electron chi connectivity index (χ1n) is 9.39. The standard InChI is InChI=1S/C22H25N3O3/c1-15-13-25(16(2)12-24(15)14-21(27)28)22(19-4-3-5-20(26)10-19)18-8-6-17(11-23)7-9-18/h3-10,15-16,22,26H,12-14H2,1-2H3,(H,27,28). The van der Waals surface area contributed by atoms with Gasteiger partial charge in [-0.2, -0.15) is 5.26 Å². The Kier molecular flexibility index (Phi) is 5.98. The summed E-state index contributed by atoms with van der Waals surface area (Å²) in [5, 5.41) is 28.3. The number of carboxylic acids is 1. The minimum atomic E-state index is -0.816. The van der Waals surface area contributed by atoms with Crippen LogP contribution in [0.5, 0.6) is 5.75 Å². The fraction of sp³-hybridized carbons (Fsp3) is 0.364. The molecule has 6 heteroatoms. The topological polar surface area (TPSA) is 87.8 Å². The van der Waals surface area contributed by atoms with Gasteiger partial charge < -0.3 is 10.2 Å². The first-order valence-corrected chi connectivity index (χ1v) is 9.39. The first-order chi connectivity index (χ1) is 13.4. The Balaban J connectivity index is 1.97. The van der Waals surface area contributed by atoms with E-state index in [9.17, 15) is 15.0 Å². The van der Waals surface area contributed by atoms with Gasteiger partial charge in [0.15, 0.2) is 0 Å². The molecule has 0 bridgehead atoms. The third-order valence-electron chi connectivity index (χ3n) is 5.37. The second kappa shape index (κ2) is 8.42. The molecule has 3 unspecified atom stereocenters. The second-order valence-electron chi connectivity index (χ2n) is 7.45. The average Bonchev–Trinajstić information content (AvgIpc) is 2.66. The van der Waals surface area contributed by atoms with Crippen molar-refractivity contribution in [1.82, 2.24) is 9.80 Å². The molecule has 2 aromatic rings. The van der Waals surface area contributed by atoms with Crippen LogP contribution in [0, 0.1) is 11.3 Å². The maximum Gasteiger partial charge on any atom is 0.317 e. The molecule has 0 aliphatic carbocycles. The van der Waals surface area contributed by atoms with E-state index in [0.717, 1.165) is 11.1 Å². The van der Waals surface area contributed by atoms with Gasteiger partial charge in [0.2, 0.25) is 0 Å². The van der Waals surface area contributed by atoms with Gasteiger partial charge >= 0.3 is 5.97 Å². The molecule has 1 aliphatic heterocycles. The van der Waals surface area contributed by atoms with Gasteiger partial charge in [0.05, 0.1) is 24.2 Å². The van der Waals surface area contributed by atoms with Crippen molar-refractivity contribution in [2.24, 2.45) is 0 Å². The number of hydrogen-bond acceptors (Lipinski definition) is 5. The van der Waals surface area contributed by atoms with Crippen LogP contribution >= 0.6 is 0 Å². The zero-order valence-corrected chi connectivity index (χ0v) is 16.1. The molecule has 1 saturated heterocycles. The highest BCUT2D eigenvalue weighted by Crippen LogP contribution is 2.34. The van der Waals surface area contributed by atoms with Gasteiger partial charge in [-0.05, 0) is 49.2 Å². The van der Waals surface area contributed by atoms with Crippen LogP contribution in [0.15, 0.2) is 48.5 Å². The highest BCUT2D eigenvalue weighted by molar-refractivity contribution is 5.69. The number of piperazine rings is 1. The van der Waals surface area contributed by atoms with E-state index in [1.807, 2.05) is 36.1 Å². The molecule has 3 atom stereocenters. The number of phenolic OH excluding ortho intramolecular Hbond substituents is 1. The Bertz CT molecular complexity index is 875. The Morgan fingerprint density at radius 3 is 2.46 bits per heavy atom. The summed E-state index contributed by atoms with van der Waals surface area (Å²) < 4.78 is 0. The molecule has 1 fully saturated rings. The molecule has 1 heterocycles. The van der Waals surface area contributed by atoms with Crippen LogP contribution < -0.4 is 0 Å². The molecule has 0 spiro atoms. The van der Waals surface area contributed by atoms with E-state index in [2.05, 4.69) is 17.9 Å². The summed E-state index contributed by atoms with van der Waals surface area (Å²) in [5.74, 6) is -0.606. The number of aliphatic carboxylic acids is 1. The van der Waals surface area contributed by atoms with Crippen molar-refractivity contribution < 1.29 is 15.0 Å². The lowest BCUT2D eigenvalue weighted by Crippen LogP contribution is -2.58. The van der Waals surface area contributed by atoms with Crippen molar-refractivity contribution in [3.63, 3.8) is 0 Å². The largest absolute Gasteiger partial charge is 0.508 e. The van der Waals surface area contributed by atoms with E-state index in [4.69, 9.17) is 5.26 Å². The fourth-order valence-corrected chi connectivity index (χ4v) is 3.99. The van der Waals surface area contributed by atoms with Crippen LogP contribution in [-0.2, 0) is 4.79 Å². The number of nitrogens with zero attached hydrogens (tertiary/aromatic N) is 3. The number of hydrogen-bond donors (Lipinski definition) is 2. The third kappa shape index (κ3) is 4.33. The number of aromatic hydroxyl groups is 1. The van der Waals surface area contributed by atoms with Crippen LogP contribution in [-0.4, -0.2) is 57.7 Å². The second-order valence-corrected chi connectivity index (χ2v) is 7.45. The van der Waals surface area contributed by atoms with Crippen molar-refractivity contribution in [3.05, 3.63) is 65.2 Å². The minimum absolute atomic E-state index is 0.0347. The smallest absolute Gasteiger partial charge is 0.317 e. The van der Waals surface area contributed by atoms with E-state index >= 15 is 0 Å². The Morgan fingerprint density at radius 1 is 1.14 bits per heavy atom. The molecule has 0 aromatic heterocycles. The number of nitriles is 1. The number of rotatable bonds is 5. The zero-order valence-electron chi connectivity index (χ0n) is 16.1. The first kappa shape index (κ1) is 19.9. The number of benzene rings is 2. The molecular formula is C22H25N3O3. The van der Waals surface area contributed by atoms with Gasteiger partial charge in [-0.3, -0.25) is 14.6 Å². The van der Waals surface area contributed by atoms with E-state index in [1.54, 1.807) is 24.3 Å². The lowest BCUT2D eigenvalue weighted by molar-refractivity contribution is -0.140. The van der Waals surface area contributed by atoms with E-state index < -0.39 is 5.97 Å². The SMILES string of the molecule is CC1CN(C(c2ccc(C#N)cc2)c2cccc(O)c2)C(C)CN1CC(=O)O.